The van der Waals surface area contributed by atoms with E-state index in [1.165, 1.54) is 6.20 Å². The van der Waals surface area contributed by atoms with Crippen LogP contribution < -0.4 is 4.90 Å². The Morgan fingerprint density at radius 2 is 1.96 bits per heavy atom. The Morgan fingerprint density at radius 1 is 1.35 bits per heavy atom. The summed E-state index contributed by atoms with van der Waals surface area (Å²) >= 11 is 0. The van der Waals surface area contributed by atoms with Crippen molar-refractivity contribution < 1.29 is 14.3 Å². The molecule has 1 aromatic rings. The zero-order valence-electron chi connectivity index (χ0n) is 14.8. The van der Waals surface area contributed by atoms with E-state index in [4.69, 9.17) is 4.43 Å². The third kappa shape index (κ3) is 4.12. The highest BCUT2D eigenvalue weighted by atomic mass is 28.4. The second kappa shape index (κ2) is 6.61. The minimum atomic E-state index is -1.75. The maximum atomic E-state index is 11.3. The molecule has 0 atom stereocenters. The van der Waals surface area contributed by atoms with Crippen molar-refractivity contribution >= 4 is 20.0 Å². The standard InChI is InChI=1S/C17H28N2O3Si/c1-17(2,3)23(4,5)22-13-8-11-19(12-9-13)14-7-6-10-18-15(14)16(20)21/h6-7,10,13H,8-9,11-12H2,1-5H3,(H,20,21). The molecule has 1 aliphatic heterocycles. The van der Waals surface area contributed by atoms with E-state index in [-0.39, 0.29) is 16.8 Å². The van der Waals surface area contributed by atoms with Gasteiger partial charge in [0.25, 0.3) is 0 Å². The summed E-state index contributed by atoms with van der Waals surface area (Å²) < 4.78 is 6.49. The monoisotopic (exact) mass is 336 g/mol. The van der Waals surface area contributed by atoms with Crippen LogP contribution in [0.3, 0.4) is 0 Å². The van der Waals surface area contributed by atoms with Crippen molar-refractivity contribution in [2.24, 2.45) is 0 Å². The Hall–Kier alpha value is -1.40. The number of pyridine rings is 1. The van der Waals surface area contributed by atoms with Crippen LogP contribution in [0.2, 0.25) is 18.1 Å². The number of anilines is 1. The smallest absolute Gasteiger partial charge is 0.356 e. The lowest BCUT2D eigenvalue weighted by Crippen LogP contribution is -2.47. The van der Waals surface area contributed by atoms with Crippen LogP contribution in [0.5, 0.6) is 0 Å². The van der Waals surface area contributed by atoms with Gasteiger partial charge in [-0.25, -0.2) is 9.78 Å². The molecule has 0 spiro atoms. The first-order chi connectivity index (χ1) is 10.6. The van der Waals surface area contributed by atoms with Crippen molar-refractivity contribution in [1.29, 1.82) is 0 Å². The highest BCUT2D eigenvalue weighted by Crippen LogP contribution is 2.38. The molecule has 1 saturated heterocycles. The first kappa shape index (κ1) is 17.9. The maximum Gasteiger partial charge on any atom is 0.356 e. The van der Waals surface area contributed by atoms with Crippen molar-refractivity contribution in [2.45, 2.75) is 57.8 Å². The number of piperidine rings is 1. The van der Waals surface area contributed by atoms with Crippen LogP contribution in [-0.2, 0) is 4.43 Å². The molecule has 0 radical (unpaired) electrons. The number of nitrogens with zero attached hydrogens (tertiary/aromatic N) is 2. The molecule has 0 aliphatic carbocycles. The summed E-state index contributed by atoms with van der Waals surface area (Å²) in [5, 5.41) is 9.49. The molecule has 1 fully saturated rings. The largest absolute Gasteiger partial charge is 0.476 e. The van der Waals surface area contributed by atoms with Crippen molar-refractivity contribution in [1.82, 2.24) is 4.98 Å². The number of hydrogen-bond donors (Lipinski definition) is 1. The molecule has 1 aromatic heterocycles. The van der Waals surface area contributed by atoms with Crippen LogP contribution in [0.25, 0.3) is 0 Å². The Balaban J connectivity index is 2.01. The molecule has 0 aromatic carbocycles. The van der Waals surface area contributed by atoms with Crippen molar-refractivity contribution in [3.8, 4) is 0 Å². The molecule has 128 valence electrons. The number of hydrogen-bond acceptors (Lipinski definition) is 4. The van der Waals surface area contributed by atoms with Crippen LogP contribution in [0.15, 0.2) is 18.3 Å². The molecule has 0 unspecified atom stereocenters. The van der Waals surface area contributed by atoms with E-state index in [1.54, 1.807) is 6.07 Å². The first-order valence-electron chi connectivity index (χ1n) is 8.23. The summed E-state index contributed by atoms with van der Waals surface area (Å²) in [7, 11) is -1.75. The van der Waals surface area contributed by atoms with Crippen LogP contribution in [0.1, 0.15) is 44.1 Å². The predicted molar refractivity (Wildman–Crippen MR) is 94.7 cm³/mol. The van der Waals surface area contributed by atoms with Gasteiger partial charge in [0.2, 0.25) is 0 Å². The van der Waals surface area contributed by atoms with Crippen LogP contribution >= 0.6 is 0 Å². The van der Waals surface area contributed by atoms with Gasteiger partial charge in [-0.2, -0.15) is 0 Å². The SMILES string of the molecule is CC(C)(C)[Si](C)(C)OC1CCN(c2cccnc2C(=O)O)CC1. The maximum absolute atomic E-state index is 11.3. The summed E-state index contributed by atoms with van der Waals surface area (Å²) in [6, 6.07) is 3.63. The van der Waals surface area contributed by atoms with Gasteiger partial charge in [0.1, 0.15) is 0 Å². The number of carboxylic acid groups (broad SMARTS) is 1. The van der Waals surface area contributed by atoms with E-state index in [0.29, 0.717) is 5.69 Å². The summed E-state index contributed by atoms with van der Waals surface area (Å²) in [6.45, 7) is 12.9. The highest BCUT2D eigenvalue weighted by molar-refractivity contribution is 6.74. The van der Waals surface area contributed by atoms with Gasteiger partial charge in [0.05, 0.1) is 5.69 Å². The van der Waals surface area contributed by atoms with Gasteiger partial charge in [-0.15, -0.1) is 0 Å². The summed E-state index contributed by atoms with van der Waals surface area (Å²) in [5.41, 5.74) is 0.849. The van der Waals surface area contributed by atoms with E-state index >= 15 is 0 Å². The second-order valence-corrected chi connectivity index (χ2v) is 12.5. The Kier molecular flexibility index (Phi) is 5.16. The van der Waals surface area contributed by atoms with E-state index in [9.17, 15) is 9.90 Å². The van der Waals surface area contributed by atoms with Crippen LogP contribution in [0.4, 0.5) is 5.69 Å². The average molecular weight is 337 g/mol. The van der Waals surface area contributed by atoms with Crippen molar-refractivity contribution in [2.75, 3.05) is 18.0 Å². The fraction of sp³-hybridized carbons (Fsp3) is 0.647. The molecular formula is C17H28N2O3Si. The molecular weight excluding hydrogens is 308 g/mol. The summed E-state index contributed by atoms with van der Waals surface area (Å²) in [4.78, 5) is 17.4. The van der Waals surface area contributed by atoms with Gasteiger partial charge in [0, 0.05) is 25.4 Å². The van der Waals surface area contributed by atoms with Gasteiger partial charge < -0.3 is 14.4 Å². The highest BCUT2D eigenvalue weighted by Gasteiger charge is 2.39. The van der Waals surface area contributed by atoms with Gasteiger partial charge >= 0.3 is 5.97 Å². The minimum absolute atomic E-state index is 0.135. The van der Waals surface area contributed by atoms with Crippen LogP contribution in [0, 0.1) is 0 Å². The number of rotatable bonds is 4. The third-order valence-electron chi connectivity index (χ3n) is 5.04. The fourth-order valence-corrected chi connectivity index (χ4v) is 4.05. The summed E-state index contributed by atoms with van der Waals surface area (Å²) in [5.74, 6) is -0.972. The van der Waals surface area contributed by atoms with E-state index < -0.39 is 14.3 Å². The molecule has 0 bridgehead atoms. The number of carboxylic acids is 1. The quantitative estimate of drug-likeness (QED) is 0.848. The van der Waals surface area contributed by atoms with Gasteiger partial charge in [-0.1, -0.05) is 20.8 Å². The number of aromatic nitrogens is 1. The van der Waals surface area contributed by atoms with Gasteiger partial charge in [-0.3, -0.25) is 0 Å². The van der Waals surface area contributed by atoms with Crippen molar-refractivity contribution in [3.63, 3.8) is 0 Å². The molecule has 2 heterocycles. The molecule has 0 amide bonds. The van der Waals surface area contributed by atoms with Gasteiger partial charge in [-0.05, 0) is 43.1 Å². The van der Waals surface area contributed by atoms with Crippen LogP contribution in [-0.4, -0.2) is 43.6 Å². The average Bonchev–Trinajstić information content (AvgIpc) is 2.46. The van der Waals surface area contributed by atoms with Crippen molar-refractivity contribution in [3.05, 3.63) is 24.0 Å². The Labute approximate surface area is 139 Å². The predicted octanol–water partition coefficient (Wildman–Crippen LogP) is 3.77. The first-order valence-corrected chi connectivity index (χ1v) is 11.1. The molecule has 0 saturated carbocycles. The molecule has 1 N–H and O–H groups in total. The molecule has 2 rings (SSSR count). The summed E-state index contributed by atoms with van der Waals surface area (Å²) in [6.07, 6.45) is 3.67. The lowest BCUT2D eigenvalue weighted by Gasteiger charge is -2.42. The minimum Gasteiger partial charge on any atom is -0.476 e. The topological polar surface area (TPSA) is 62.7 Å². The lowest BCUT2D eigenvalue weighted by atomic mass is 10.1. The van der Waals surface area contributed by atoms with E-state index in [1.807, 2.05) is 6.07 Å². The second-order valence-electron chi connectivity index (χ2n) is 7.74. The molecule has 6 heteroatoms. The number of carbonyl (C=O) groups is 1. The van der Waals surface area contributed by atoms with E-state index in [0.717, 1.165) is 25.9 Å². The fourth-order valence-electron chi connectivity index (χ4n) is 2.62. The lowest BCUT2D eigenvalue weighted by molar-refractivity contribution is 0.0691. The molecule has 1 aliphatic rings. The normalized spacial score (nSPS) is 17.3. The van der Waals surface area contributed by atoms with E-state index in [2.05, 4.69) is 43.7 Å². The third-order valence-corrected chi connectivity index (χ3v) is 9.57. The molecule has 23 heavy (non-hydrogen) atoms. The molecule has 5 nitrogen and oxygen atoms in total. The Bertz CT molecular complexity index is 561. The zero-order valence-corrected chi connectivity index (χ0v) is 15.8. The van der Waals surface area contributed by atoms with Gasteiger partial charge in [0.15, 0.2) is 14.0 Å². The Morgan fingerprint density at radius 3 is 2.48 bits per heavy atom. The number of aromatic carboxylic acids is 1. The zero-order chi connectivity index (χ0) is 17.3.